The standard InChI is InChI=1S/C26H28FN3O4S/c1-26(2,3)17-35(33,34)22-12-10-21(11-13-22)29-25(32)23(15-18-5-4-14-28-16-18)30-24(31)19-6-8-20(27)9-7-19/h4-14,16,23H,15,17H2,1-3H3,(H,29,32)(H,30,31)/t23-/m0/s1. The van der Waals surface area contributed by atoms with E-state index in [0.717, 1.165) is 5.56 Å². The average molecular weight is 498 g/mol. The van der Waals surface area contributed by atoms with Crippen LogP contribution < -0.4 is 10.6 Å². The Kier molecular flexibility index (Phi) is 8.01. The summed E-state index contributed by atoms with van der Waals surface area (Å²) in [6.45, 7) is 5.55. The van der Waals surface area contributed by atoms with Gasteiger partial charge in [0.25, 0.3) is 5.91 Å². The van der Waals surface area contributed by atoms with Gasteiger partial charge >= 0.3 is 0 Å². The fourth-order valence-electron chi connectivity index (χ4n) is 3.44. The molecule has 184 valence electrons. The molecule has 2 aromatic carbocycles. The van der Waals surface area contributed by atoms with Crippen molar-refractivity contribution in [3.63, 3.8) is 0 Å². The third-order valence-electron chi connectivity index (χ3n) is 4.99. The van der Waals surface area contributed by atoms with Crippen molar-refractivity contribution < 1.29 is 22.4 Å². The molecule has 0 aliphatic heterocycles. The normalized spacial score (nSPS) is 12.6. The van der Waals surface area contributed by atoms with Crippen molar-refractivity contribution in [1.29, 1.82) is 0 Å². The van der Waals surface area contributed by atoms with Gasteiger partial charge in [-0.2, -0.15) is 0 Å². The number of hydrogen-bond acceptors (Lipinski definition) is 5. The first kappa shape index (κ1) is 26.0. The van der Waals surface area contributed by atoms with Gasteiger partial charge in [0.05, 0.1) is 10.6 Å². The highest BCUT2D eigenvalue weighted by atomic mass is 32.2. The number of nitrogens with one attached hydrogen (secondary N) is 2. The second-order valence-electron chi connectivity index (χ2n) is 9.43. The van der Waals surface area contributed by atoms with E-state index in [9.17, 15) is 22.4 Å². The fraction of sp³-hybridized carbons (Fsp3) is 0.269. The maximum Gasteiger partial charge on any atom is 0.251 e. The highest BCUT2D eigenvalue weighted by Gasteiger charge is 2.25. The molecule has 0 saturated heterocycles. The smallest absolute Gasteiger partial charge is 0.251 e. The molecule has 0 unspecified atom stereocenters. The molecule has 0 aliphatic rings. The molecule has 0 fully saturated rings. The Labute approximate surface area is 204 Å². The molecule has 0 aliphatic carbocycles. The summed E-state index contributed by atoms with van der Waals surface area (Å²) in [6, 6.07) is 13.5. The molecule has 9 heteroatoms. The van der Waals surface area contributed by atoms with Gasteiger partial charge in [0.15, 0.2) is 9.84 Å². The van der Waals surface area contributed by atoms with E-state index in [1.165, 1.54) is 48.5 Å². The number of rotatable bonds is 8. The van der Waals surface area contributed by atoms with Crippen molar-refractivity contribution in [3.8, 4) is 0 Å². The summed E-state index contributed by atoms with van der Waals surface area (Å²) in [5.41, 5.74) is 0.935. The lowest BCUT2D eigenvalue weighted by molar-refractivity contribution is -0.118. The van der Waals surface area contributed by atoms with Gasteiger partial charge in [0.1, 0.15) is 11.9 Å². The number of carbonyl (C=O) groups excluding carboxylic acids is 2. The first-order chi connectivity index (χ1) is 16.4. The molecule has 1 aromatic heterocycles. The summed E-state index contributed by atoms with van der Waals surface area (Å²) in [5, 5.41) is 5.41. The van der Waals surface area contributed by atoms with Crippen LogP contribution in [-0.4, -0.2) is 37.0 Å². The number of halogens is 1. The number of anilines is 1. The lowest BCUT2D eigenvalue weighted by Gasteiger charge is -2.19. The monoisotopic (exact) mass is 497 g/mol. The van der Waals surface area contributed by atoms with Crippen molar-refractivity contribution in [2.24, 2.45) is 5.41 Å². The van der Waals surface area contributed by atoms with E-state index in [1.54, 1.807) is 24.5 Å². The van der Waals surface area contributed by atoms with Crippen LogP contribution in [0.15, 0.2) is 78.0 Å². The van der Waals surface area contributed by atoms with Gasteiger partial charge in [-0.25, -0.2) is 12.8 Å². The molecule has 0 spiro atoms. The van der Waals surface area contributed by atoms with Gasteiger partial charge in [-0.15, -0.1) is 0 Å². The van der Waals surface area contributed by atoms with Gasteiger partial charge in [-0.05, 0) is 65.6 Å². The summed E-state index contributed by atoms with van der Waals surface area (Å²) in [4.78, 5) is 30.0. The number of amides is 2. The number of carbonyl (C=O) groups is 2. The van der Waals surface area contributed by atoms with E-state index < -0.39 is 38.9 Å². The molecule has 2 amide bonds. The second kappa shape index (κ2) is 10.8. The third kappa shape index (κ3) is 7.71. The van der Waals surface area contributed by atoms with E-state index in [4.69, 9.17) is 0 Å². The predicted molar refractivity (Wildman–Crippen MR) is 132 cm³/mol. The van der Waals surface area contributed by atoms with Crippen LogP contribution in [0.5, 0.6) is 0 Å². The number of aromatic nitrogens is 1. The van der Waals surface area contributed by atoms with E-state index in [0.29, 0.717) is 5.69 Å². The van der Waals surface area contributed by atoms with Crippen molar-refractivity contribution in [2.75, 3.05) is 11.1 Å². The molecule has 1 atom stereocenters. The Morgan fingerprint density at radius 3 is 2.23 bits per heavy atom. The predicted octanol–water partition coefficient (Wildman–Crippen LogP) is 4.02. The van der Waals surface area contributed by atoms with Crippen LogP contribution in [-0.2, 0) is 21.1 Å². The molecule has 1 heterocycles. The van der Waals surface area contributed by atoms with E-state index >= 15 is 0 Å². The Bertz CT molecular complexity index is 1270. The zero-order valence-corrected chi connectivity index (χ0v) is 20.6. The lowest BCUT2D eigenvalue weighted by atomic mass is 10.0. The molecule has 0 bridgehead atoms. The number of benzene rings is 2. The number of nitrogens with zero attached hydrogens (tertiary/aromatic N) is 1. The van der Waals surface area contributed by atoms with E-state index in [1.807, 2.05) is 20.8 Å². The molecule has 35 heavy (non-hydrogen) atoms. The Balaban J connectivity index is 1.77. The highest BCUT2D eigenvalue weighted by molar-refractivity contribution is 7.91. The first-order valence-corrected chi connectivity index (χ1v) is 12.7. The van der Waals surface area contributed by atoms with Crippen LogP contribution in [0.2, 0.25) is 0 Å². The molecule has 7 nitrogen and oxygen atoms in total. The Morgan fingerprint density at radius 1 is 1.00 bits per heavy atom. The molecule has 3 aromatic rings. The van der Waals surface area contributed by atoms with Crippen LogP contribution in [0.4, 0.5) is 10.1 Å². The molecule has 0 radical (unpaired) electrons. The maximum absolute atomic E-state index is 13.2. The second-order valence-corrected chi connectivity index (χ2v) is 11.4. The van der Waals surface area contributed by atoms with Crippen molar-refractivity contribution in [1.82, 2.24) is 10.3 Å². The minimum atomic E-state index is -3.47. The third-order valence-corrected chi connectivity index (χ3v) is 7.23. The van der Waals surface area contributed by atoms with Gasteiger partial charge in [-0.3, -0.25) is 14.6 Å². The van der Waals surface area contributed by atoms with E-state index in [2.05, 4.69) is 15.6 Å². The average Bonchev–Trinajstić information content (AvgIpc) is 2.78. The van der Waals surface area contributed by atoms with Gasteiger partial charge in [0.2, 0.25) is 5.91 Å². The van der Waals surface area contributed by atoms with E-state index in [-0.39, 0.29) is 22.6 Å². The van der Waals surface area contributed by atoms with Crippen molar-refractivity contribution >= 4 is 27.3 Å². The Hall–Kier alpha value is -3.59. The number of hydrogen-bond donors (Lipinski definition) is 2. The van der Waals surface area contributed by atoms with Crippen molar-refractivity contribution in [3.05, 3.63) is 90.0 Å². The van der Waals surface area contributed by atoms with Gasteiger partial charge in [0, 0.05) is 30.1 Å². The number of pyridine rings is 1. The lowest BCUT2D eigenvalue weighted by Crippen LogP contribution is -2.45. The molecular weight excluding hydrogens is 469 g/mol. The van der Waals surface area contributed by atoms with Gasteiger partial charge in [-0.1, -0.05) is 26.8 Å². The fourth-order valence-corrected chi connectivity index (χ4v) is 5.29. The SMILES string of the molecule is CC(C)(C)CS(=O)(=O)c1ccc(NC(=O)[C@H](Cc2cccnc2)NC(=O)c2ccc(F)cc2)cc1. The van der Waals surface area contributed by atoms with Crippen LogP contribution in [0.1, 0.15) is 36.7 Å². The summed E-state index contributed by atoms with van der Waals surface area (Å²) >= 11 is 0. The van der Waals surface area contributed by atoms with Crippen LogP contribution in [0.3, 0.4) is 0 Å². The number of sulfone groups is 1. The largest absolute Gasteiger partial charge is 0.340 e. The maximum atomic E-state index is 13.2. The van der Waals surface area contributed by atoms with Crippen molar-refractivity contribution in [2.45, 2.75) is 38.1 Å². The van der Waals surface area contributed by atoms with Crippen LogP contribution in [0, 0.1) is 11.2 Å². The topological polar surface area (TPSA) is 105 Å². The first-order valence-electron chi connectivity index (χ1n) is 11.0. The molecular formula is C26H28FN3O4S. The Morgan fingerprint density at radius 2 is 1.66 bits per heavy atom. The highest BCUT2D eigenvalue weighted by Crippen LogP contribution is 2.23. The van der Waals surface area contributed by atoms with Crippen LogP contribution in [0.25, 0.3) is 0 Å². The summed E-state index contributed by atoms with van der Waals surface area (Å²) in [6.07, 6.45) is 3.37. The zero-order valence-electron chi connectivity index (χ0n) is 19.8. The molecule has 3 rings (SSSR count). The summed E-state index contributed by atoms with van der Waals surface area (Å²) in [7, 11) is -3.47. The minimum Gasteiger partial charge on any atom is -0.340 e. The molecule has 0 saturated carbocycles. The quantitative estimate of drug-likeness (QED) is 0.489. The summed E-state index contributed by atoms with van der Waals surface area (Å²) < 4.78 is 38.4. The minimum absolute atomic E-state index is 0.00565. The molecule has 2 N–H and O–H groups in total. The van der Waals surface area contributed by atoms with Gasteiger partial charge < -0.3 is 10.6 Å². The van der Waals surface area contributed by atoms with Crippen LogP contribution >= 0.6 is 0 Å². The summed E-state index contributed by atoms with van der Waals surface area (Å²) in [5.74, 6) is -1.50. The zero-order chi connectivity index (χ0) is 25.6.